The fourth-order valence-corrected chi connectivity index (χ4v) is 3.32. The molecule has 2 fully saturated rings. The van der Waals surface area contributed by atoms with Crippen LogP contribution in [0.4, 0.5) is 0 Å². The first-order chi connectivity index (χ1) is 9.31. The van der Waals surface area contributed by atoms with Gasteiger partial charge in [0, 0.05) is 18.6 Å². The maximum atomic E-state index is 6.25. The van der Waals surface area contributed by atoms with Gasteiger partial charge >= 0.3 is 0 Å². The normalized spacial score (nSPS) is 33.5. The molecule has 4 unspecified atom stereocenters. The highest BCUT2D eigenvalue weighted by Gasteiger charge is 2.28. The molecule has 1 saturated carbocycles. The van der Waals surface area contributed by atoms with Crippen molar-refractivity contribution in [2.75, 3.05) is 26.4 Å². The van der Waals surface area contributed by atoms with Crippen LogP contribution in [0.3, 0.4) is 0 Å². The van der Waals surface area contributed by atoms with Crippen LogP contribution in [-0.2, 0) is 9.47 Å². The first-order valence-electron chi connectivity index (χ1n) is 8.24. The Balaban J connectivity index is 1.77. The quantitative estimate of drug-likeness (QED) is 0.771. The van der Waals surface area contributed by atoms with Gasteiger partial charge in [0.15, 0.2) is 0 Å². The lowest BCUT2D eigenvalue weighted by Crippen LogP contribution is -2.42. The number of rotatable bonds is 7. The standard InChI is InChI=1S/C16H31NO2/c1-3-9-17-15(14-8-10-18-11-14)12-19-16-7-5-4-6-13(16)2/h13-17H,3-12H2,1-2H3. The smallest absolute Gasteiger partial charge is 0.0627 e. The van der Waals surface area contributed by atoms with Gasteiger partial charge in [-0.3, -0.25) is 0 Å². The highest BCUT2D eigenvalue weighted by molar-refractivity contribution is 4.81. The molecule has 1 aliphatic carbocycles. The molecule has 0 spiro atoms. The summed E-state index contributed by atoms with van der Waals surface area (Å²) in [6.07, 6.45) is 8.17. The third-order valence-corrected chi connectivity index (χ3v) is 4.71. The minimum atomic E-state index is 0.483. The van der Waals surface area contributed by atoms with E-state index in [1.807, 2.05) is 0 Å². The van der Waals surface area contributed by atoms with Crippen molar-refractivity contribution in [3.8, 4) is 0 Å². The summed E-state index contributed by atoms with van der Waals surface area (Å²) in [6, 6.07) is 0.483. The molecule has 0 amide bonds. The Bertz CT molecular complexity index is 241. The van der Waals surface area contributed by atoms with E-state index in [-0.39, 0.29) is 0 Å². The SMILES string of the molecule is CCCNC(COC1CCCCC1C)C1CCOC1. The number of hydrogen-bond donors (Lipinski definition) is 1. The maximum absolute atomic E-state index is 6.25. The summed E-state index contributed by atoms with van der Waals surface area (Å²) in [6.45, 7) is 8.35. The second kappa shape index (κ2) is 8.23. The monoisotopic (exact) mass is 269 g/mol. The van der Waals surface area contributed by atoms with E-state index in [2.05, 4.69) is 19.2 Å². The largest absolute Gasteiger partial charge is 0.381 e. The maximum Gasteiger partial charge on any atom is 0.0627 e. The lowest BCUT2D eigenvalue weighted by atomic mass is 9.88. The Labute approximate surface area is 118 Å². The van der Waals surface area contributed by atoms with E-state index < -0.39 is 0 Å². The Morgan fingerprint density at radius 3 is 2.79 bits per heavy atom. The van der Waals surface area contributed by atoms with Gasteiger partial charge in [0.2, 0.25) is 0 Å². The van der Waals surface area contributed by atoms with Crippen LogP contribution in [0.1, 0.15) is 52.4 Å². The fourth-order valence-electron chi connectivity index (χ4n) is 3.32. The summed E-state index contributed by atoms with van der Waals surface area (Å²) >= 11 is 0. The second-order valence-corrected chi connectivity index (χ2v) is 6.32. The predicted octanol–water partition coefficient (Wildman–Crippen LogP) is 2.99. The van der Waals surface area contributed by atoms with Crippen LogP contribution in [0.25, 0.3) is 0 Å². The van der Waals surface area contributed by atoms with Gasteiger partial charge in [-0.05, 0) is 38.1 Å². The van der Waals surface area contributed by atoms with Crippen LogP contribution in [0.15, 0.2) is 0 Å². The number of hydrogen-bond acceptors (Lipinski definition) is 3. The minimum absolute atomic E-state index is 0.483. The van der Waals surface area contributed by atoms with E-state index in [1.165, 1.54) is 38.5 Å². The van der Waals surface area contributed by atoms with Gasteiger partial charge in [0.25, 0.3) is 0 Å². The molecular formula is C16H31NO2. The summed E-state index contributed by atoms with van der Waals surface area (Å²) in [5, 5.41) is 3.66. The van der Waals surface area contributed by atoms with Gasteiger partial charge in [-0.25, -0.2) is 0 Å². The van der Waals surface area contributed by atoms with Crippen molar-refractivity contribution in [3.05, 3.63) is 0 Å². The molecule has 0 bridgehead atoms. The van der Waals surface area contributed by atoms with Crippen molar-refractivity contribution in [1.29, 1.82) is 0 Å². The van der Waals surface area contributed by atoms with Gasteiger partial charge in [0.1, 0.15) is 0 Å². The molecule has 0 aromatic heterocycles. The summed E-state index contributed by atoms with van der Waals surface area (Å²) < 4.78 is 11.8. The van der Waals surface area contributed by atoms with E-state index in [9.17, 15) is 0 Å². The first-order valence-corrected chi connectivity index (χ1v) is 8.24. The average Bonchev–Trinajstić information content (AvgIpc) is 2.94. The molecule has 3 nitrogen and oxygen atoms in total. The highest BCUT2D eigenvalue weighted by Crippen LogP contribution is 2.27. The van der Waals surface area contributed by atoms with Crippen molar-refractivity contribution >= 4 is 0 Å². The Morgan fingerprint density at radius 1 is 1.26 bits per heavy atom. The molecule has 2 aliphatic rings. The Kier molecular flexibility index (Phi) is 6.62. The minimum Gasteiger partial charge on any atom is -0.381 e. The molecule has 4 atom stereocenters. The van der Waals surface area contributed by atoms with Crippen molar-refractivity contribution in [1.82, 2.24) is 5.32 Å². The fraction of sp³-hybridized carbons (Fsp3) is 1.00. The van der Waals surface area contributed by atoms with Gasteiger partial charge in [-0.15, -0.1) is 0 Å². The van der Waals surface area contributed by atoms with E-state index in [1.54, 1.807) is 0 Å². The molecule has 112 valence electrons. The molecular weight excluding hydrogens is 238 g/mol. The molecule has 0 radical (unpaired) electrons. The molecule has 2 rings (SSSR count). The Morgan fingerprint density at radius 2 is 2.11 bits per heavy atom. The third kappa shape index (κ3) is 4.73. The summed E-state index contributed by atoms with van der Waals surface area (Å²) in [7, 11) is 0. The average molecular weight is 269 g/mol. The van der Waals surface area contributed by atoms with Crippen molar-refractivity contribution in [2.45, 2.75) is 64.5 Å². The zero-order valence-corrected chi connectivity index (χ0v) is 12.7. The molecule has 1 N–H and O–H groups in total. The summed E-state index contributed by atoms with van der Waals surface area (Å²) in [5.74, 6) is 1.38. The third-order valence-electron chi connectivity index (χ3n) is 4.71. The zero-order chi connectivity index (χ0) is 13.5. The van der Waals surface area contributed by atoms with Crippen LogP contribution >= 0.6 is 0 Å². The first kappa shape index (κ1) is 15.3. The van der Waals surface area contributed by atoms with E-state index in [0.29, 0.717) is 18.1 Å². The number of ether oxygens (including phenoxy) is 2. The van der Waals surface area contributed by atoms with Crippen molar-refractivity contribution in [3.63, 3.8) is 0 Å². The van der Waals surface area contributed by atoms with Crippen LogP contribution in [0.2, 0.25) is 0 Å². The molecule has 1 aliphatic heterocycles. The molecule has 1 heterocycles. The highest BCUT2D eigenvalue weighted by atomic mass is 16.5. The molecule has 1 saturated heterocycles. The van der Waals surface area contributed by atoms with E-state index in [4.69, 9.17) is 9.47 Å². The van der Waals surface area contributed by atoms with E-state index in [0.717, 1.165) is 32.3 Å². The summed E-state index contributed by atoms with van der Waals surface area (Å²) in [5.41, 5.74) is 0. The lowest BCUT2D eigenvalue weighted by Gasteiger charge is -2.32. The van der Waals surface area contributed by atoms with Crippen LogP contribution < -0.4 is 5.32 Å². The zero-order valence-electron chi connectivity index (χ0n) is 12.7. The second-order valence-electron chi connectivity index (χ2n) is 6.32. The van der Waals surface area contributed by atoms with Crippen molar-refractivity contribution < 1.29 is 9.47 Å². The van der Waals surface area contributed by atoms with Gasteiger partial charge in [-0.1, -0.05) is 26.7 Å². The van der Waals surface area contributed by atoms with Crippen molar-refractivity contribution in [2.24, 2.45) is 11.8 Å². The van der Waals surface area contributed by atoms with Crippen LogP contribution in [-0.4, -0.2) is 38.5 Å². The van der Waals surface area contributed by atoms with Gasteiger partial charge < -0.3 is 14.8 Å². The van der Waals surface area contributed by atoms with Crippen LogP contribution in [0, 0.1) is 11.8 Å². The topological polar surface area (TPSA) is 30.5 Å². The molecule has 0 aromatic rings. The van der Waals surface area contributed by atoms with Crippen LogP contribution in [0.5, 0.6) is 0 Å². The Hall–Kier alpha value is -0.120. The molecule has 19 heavy (non-hydrogen) atoms. The molecule has 0 aromatic carbocycles. The van der Waals surface area contributed by atoms with Gasteiger partial charge in [-0.2, -0.15) is 0 Å². The predicted molar refractivity (Wildman–Crippen MR) is 78.4 cm³/mol. The summed E-state index contributed by atoms with van der Waals surface area (Å²) in [4.78, 5) is 0. The lowest BCUT2D eigenvalue weighted by molar-refractivity contribution is -0.0223. The van der Waals surface area contributed by atoms with Gasteiger partial charge in [0.05, 0.1) is 19.3 Å². The number of nitrogens with one attached hydrogen (secondary N) is 1. The van der Waals surface area contributed by atoms with E-state index >= 15 is 0 Å². The molecule has 3 heteroatoms.